The number of fused-ring (bicyclic) bond motifs is 2. The monoisotopic (exact) mass is 650 g/mol. The number of hydrogen-bond donors (Lipinski definition) is 1. The summed E-state index contributed by atoms with van der Waals surface area (Å²) in [4.78, 5) is 45.4. The Balaban J connectivity index is 1.41. The van der Waals surface area contributed by atoms with Crippen LogP contribution in [0.15, 0.2) is 113 Å². The Morgan fingerprint density at radius 1 is 1.09 bits per heavy atom. The SMILES string of the molecule is C=CCOc1ccc([C@H]2C(C(=O)OCC)=C(C)N=c3s/c(=C\c4cn(CC(=O)Nc5ccc(F)cc5)c5ccccc45)c(=O)n32)cc1. The molecule has 9 nitrogen and oxygen atoms in total. The van der Waals surface area contributed by atoms with Gasteiger partial charge in [0.05, 0.1) is 28.5 Å². The van der Waals surface area contributed by atoms with Crippen LogP contribution in [0.25, 0.3) is 17.0 Å². The summed E-state index contributed by atoms with van der Waals surface area (Å²) < 4.78 is 28.1. The Labute approximate surface area is 273 Å². The van der Waals surface area contributed by atoms with Crippen molar-refractivity contribution in [1.29, 1.82) is 0 Å². The molecule has 11 heteroatoms. The fourth-order valence-electron chi connectivity index (χ4n) is 5.56. The van der Waals surface area contributed by atoms with Gasteiger partial charge in [-0.1, -0.05) is 54.3 Å². The maximum absolute atomic E-state index is 14.2. The summed E-state index contributed by atoms with van der Waals surface area (Å²) >= 11 is 1.22. The largest absolute Gasteiger partial charge is 0.490 e. The van der Waals surface area contributed by atoms with Crippen LogP contribution in [0, 0.1) is 5.82 Å². The molecule has 3 heterocycles. The summed E-state index contributed by atoms with van der Waals surface area (Å²) in [5.41, 5.74) is 3.17. The lowest BCUT2D eigenvalue weighted by Crippen LogP contribution is -2.39. The van der Waals surface area contributed by atoms with Crippen molar-refractivity contribution < 1.29 is 23.5 Å². The smallest absolute Gasteiger partial charge is 0.338 e. The normalized spacial score (nSPS) is 14.4. The summed E-state index contributed by atoms with van der Waals surface area (Å²) in [6.45, 7) is 7.66. The van der Waals surface area contributed by atoms with Crippen LogP contribution in [0.4, 0.5) is 10.1 Å². The van der Waals surface area contributed by atoms with Crippen molar-refractivity contribution in [2.75, 3.05) is 18.5 Å². The Morgan fingerprint density at radius 2 is 1.83 bits per heavy atom. The average molecular weight is 651 g/mol. The van der Waals surface area contributed by atoms with Gasteiger partial charge in [-0.2, -0.15) is 0 Å². The summed E-state index contributed by atoms with van der Waals surface area (Å²) in [6.07, 6.45) is 5.26. The van der Waals surface area contributed by atoms with Crippen LogP contribution in [0.3, 0.4) is 0 Å². The van der Waals surface area contributed by atoms with Gasteiger partial charge in [-0.25, -0.2) is 14.2 Å². The molecule has 1 atom stereocenters. The van der Waals surface area contributed by atoms with Crippen molar-refractivity contribution in [2.24, 2.45) is 4.99 Å². The van der Waals surface area contributed by atoms with Crippen molar-refractivity contribution in [1.82, 2.24) is 9.13 Å². The second-order valence-electron chi connectivity index (χ2n) is 10.8. The zero-order chi connectivity index (χ0) is 33.1. The Kier molecular flexibility index (Phi) is 8.99. The first-order valence-electron chi connectivity index (χ1n) is 14.9. The number of rotatable bonds is 10. The van der Waals surface area contributed by atoms with Gasteiger partial charge in [-0.15, -0.1) is 0 Å². The number of aromatic nitrogens is 2. The van der Waals surface area contributed by atoms with Gasteiger partial charge in [-0.05, 0) is 68.0 Å². The van der Waals surface area contributed by atoms with Crippen molar-refractivity contribution in [3.63, 3.8) is 0 Å². The molecule has 0 fully saturated rings. The van der Waals surface area contributed by atoms with E-state index in [0.717, 1.165) is 16.5 Å². The third-order valence-electron chi connectivity index (χ3n) is 7.63. The molecule has 0 aliphatic carbocycles. The second-order valence-corrected chi connectivity index (χ2v) is 11.8. The van der Waals surface area contributed by atoms with Crippen LogP contribution < -0.4 is 24.9 Å². The van der Waals surface area contributed by atoms with E-state index in [-0.39, 0.29) is 36.0 Å². The molecule has 0 saturated carbocycles. The molecule has 238 valence electrons. The minimum atomic E-state index is -0.766. The molecule has 0 spiro atoms. The highest BCUT2D eigenvalue weighted by Gasteiger charge is 2.33. The number of anilines is 1. The molecule has 47 heavy (non-hydrogen) atoms. The maximum atomic E-state index is 14.2. The molecular weight excluding hydrogens is 619 g/mol. The number of carbonyl (C=O) groups is 2. The average Bonchev–Trinajstić information content (AvgIpc) is 3.56. The summed E-state index contributed by atoms with van der Waals surface area (Å²) in [5.74, 6) is -0.588. The van der Waals surface area contributed by atoms with E-state index in [0.29, 0.717) is 38.6 Å². The minimum absolute atomic E-state index is 0.00157. The van der Waals surface area contributed by atoms with E-state index < -0.39 is 12.0 Å². The zero-order valence-electron chi connectivity index (χ0n) is 25.7. The van der Waals surface area contributed by atoms with Crippen molar-refractivity contribution in [3.05, 3.63) is 140 Å². The lowest BCUT2D eigenvalue weighted by Gasteiger charge is -2.24. The number of hydrogen-bond acceptors (Lipinski definition) is 7. The topological polar surface area (TPSA) is 104 Å². The van der Waals surface area contributed by atoms with Gasteiger partial charge in [0, 0.05) is 28.4 Å². The standard InChI is InChI=1S/C36H31FN4O5S/c1-4-18-46-27-16-10-23(11-17-27)33-32(35(44)45-5-2)22(3)38-36-41(33)34(43)30(47-36)19-24-20-40(29-9-7-6-8-28(24)29)21-31(42)39-26-14-12-25(37)13-15-26/h4,6-17,19-20,33H,1,5,18,21H2,2-3H3,(H,39,42)/b30-19-/t33-/m0/s1. The predicted octanol–water partition coefficient (Wildman–Crippen LogP) is 5.10. The van der Waals surface area contributed by atoms with E-state index in [1.807, 2.05) is 42.6 Å². The second kappa shape index (κ2) is 13.4. The fraction of sp³-hybridized carbons (Fsp3) is 0.167. The van der Waals surface area contributed by atoms with E-state index >= 15 is 0 Å². The number of carbonyl (C=O) groups excluding carboxylic acids is 2. The lowest BCUT2D eigenvalue weighted by molar-refractivity contribution is -0.139. The first-order valence-corrected chi connectivity index (χ1v) is 15.8. The number of nitrogens with one attached hydrogen (secondary N) is 1. The van der Waals surface area contributed by atoms with Gasteiger partial charge in [0.15, 0.2) is 4.80 Å². The molecule has 0 bridgehead atoms. The van der Waals surface area contributed by atoms with Crippen LogP contribution in [-0.2, 0) is 20.9 Å². The number of thiazole rings is 1. The fourth-order valence-corrected chi connectivity index (χ4v) is 6.60. The van der Waals surface area contributed by atoms with E-state index in [1.54, 1.807) is 42.7 Å². The molecule has 3 aromatic carbocycles. The number of halogens is 1. The number of para-hydroxylation sites is 1. The number of allylic oxidation sites excluding steroid dienone is 1. The molecule has 1 amide bonds. The predicted molar refractivity (Wildman–Crippen MR) is 180 cm³/mol. The molecule has 0 radical (unpaired) electrons. The lowest BCUT2D eigenvalue weighted by atomic mass is 9.96. The molecule has 0 unspecified atom stereocenters. The first-order chi connectivity index (χ1) is 22.8. The zero-order valence-corrected chi connectivity index (χ0v) is 26.6. The Bertz CT molecular complexity index is 2210. The quantitative estimate of drug-likeness (QED) is 0.168. The molecule has 6 rings (SSSR count). The van der Waals surface area contributed by atoms with E-state index in [2.05, 4.69) is 16.9 Å². The van der Waals surface area contributed by atoms with E-state index in [9.17, 15) is 18.8 Å². The van der Waals surface area contributed by atoms with Crippen molar-refractivity contribution in [3.8, 4) is 5.75 Å². The molecular formula is C36H31FN4O5S. The molecule has 1 N–H and O–H groups in total. The van der Waals surface area contributed by atoms with Gasteiger partial charge in [0.1, 0.15) is 24.7 Å². The van der Waals surface area contributed by atoms with Gasteiger partial charge in [0.25, 0.3) is 5.56 Å². The van der Waals surface area contributed by atoms with Crippen LogP contribution >= 0.6 is 11.3 Å². The first kappa shape index (κ1) is 31.4. The van der Waals surface area contributed by atoms with Crippen LogP contribution in [0.1, 0.15) is 31.0 Å². The van der Waals surface area contributed by atoms with Crippen LogP contribution in [0.2, 0.25) is 0 Å². The number of nitrogens with zero attached hydrogens (tertiary/aromatic N) is 3. The van der Waals surface area contributed by atoms with Gasteiger partial charge >= 0.3 is 5.97 Å². The van der Waals surface area contributed by atoms with Gasteiger partial charge in [-0.3, -0.25) is 14.2 Å². The Hall–Kier alpha value is -5.55. The van der Waals surface area contributed by atoms with Crippen molar-refractivity contribution >= 4 is 45.9 Å². The summed E-state index contributed by atoms with van der Waals surface area (Å²) in [7, 11) is 0. The third kappa shape index (κ3) is 6.43. The highest BCUT2D eigenvalue weighted by atomic mass is 32.1. The minimum Gasteiger partial charge on any atom is -0.490 e. The number of esters is 1. The molecule has 1 aliphatic heterocycles. The van der Waals surface area contributed by atoms with Crippen molar-refractivity contribution in [2.45, 2.75) is 26.4 Å². The third-order valence-corrected chi connectivity index (χ3v) is 8.61. The summed E-state index contributed by atoms with van der Waals surface area (Å²) in [5, 5.41) is 3.64. The van der Waals surface area contributed by atoms with Crippen LogP contribution in [0.5, 0.6) is 5.75 Å². The highest BCUT2D eigenvalue weighted by molar-refractivity contribution is 7.07. The molecule has 0 saturated heterocycles. The molecule has 5 aromatic rings. The number of amides is 1. The van der Waals surface area contributed by atoms with E-state index in [1.165, 1.54) is 40.2 Å². The summed E-state index contributed by atoms with van der Waals surface area (Å²) in [6, 6.07) is 19.6. The Morgan fingerprint density at radius 3 is 2.55 bits per heavy atom. The molecule has 2 aromatic heterocycles. The maximum Gasteiger partial charge on any atom is 0.338 e. The molecule has 1 aliphatic rings. The highest BCUT2D eigenvalue weighted by Crippen LogP contribution is 2.32. The van der Waals surface area contributed by atoms with Gasteiger partial charge < -0.3 is 19.4 Å². The number of ether oxygens (including phenoxy) is 2. The number of benzene rings is 3. The van der Waals surface area contributed by atoms with E-state index in [4.69, 9.17) is 9.47 Å². The van der Waals surface area contributed by atoms with Gasteiger partial charge in [0.2, 0.25) is 5.91 Å². The van der Waals surface area contributed by atoms with Crippen LogP contribution in [-0.4, -0.2) is 34.2 Å².